The van der Waals surface area contributed by atoms with Gasteiger partial charge in [-0.25, -0.2) is 4.39 Å². The molecule has 104 valence electrons. The molecule has 0 spiro atoms. The zero-order valence-corrected chi connectivity index (χ0v) is 11.4. The first-order valence-corrected chi connectivity index (χ1v) is 6.46. The Labute approximate surface area is 118 Å². The van der Waals surface area contributed by atoms with Crippen LogP contribution in [0.15, 0.2) is 24.3 Å². The van der Waals surface area contributed by atoms with Crippen LogP contribution in [0.1, 0.15) is 18.4 Å². The summed E-state index contributed by atoms with van der Waals surface area (Å²) in [5, 5.41) is 6.14. The fourth-order valence-electron chi connectivity index (χ4n) is 2.49. The highest BCUT2D eigenvalue weighted by atomic mass is 35.5. The van der Waals surface area contributed by atoms with Crippen molar-refractivity contribution >= 4 is 18.3 Å². The average Bonchev–Trinajstić information content (AvgIpc) is 3.08. The third kappa shape index (κ3) is 2.60. The predicted molar refractivity (Wildman–Crippen MR) is 73.9 cm³/mol. The fraction of sp³-hybridized carbons (Fsp3) is 0.500. The number of amides is 1. The van der Waals surface area contributed by atoms with Crippen LogP contribution in [0.2, 0.25) is 0 Å². The molecule has 3 nitrogen and oxygen atoms in total. The second kappa shape index (κ2) is 5.47. The smallest absolute Gasteiger partial charge is 0.230 e. The van der Waals surface area contributed by atoms with Crippen molar-refractivity contribution in [3.8, 4) is 0 Å². The molecule has 0 bridgehead atoms. The number of carbonyl (C=O) groups excluding carboxylic acids is 1. The first-order chi connectivity index (χ1) is 8.72. The fourth-order valence-corrected chi connectivity index (χ4v) is 2.49. The van der Waals surface area contributed by atoms with Crippen molar-refractivity contribution in [2.24, 2.45) is 5.92 Å². The van der Waals surface area contributed by atoms with Crippen LogP contribution >= 0.6 is 12.4 Å². The number of nitrogens with one attached hydrogen (secondary N) is 2. The van der Waals surface area contributed by atoms with E-state index in [1.165, 1.54) is 6.07 Å². The normalized spacial score (nSPS) is 20.1. The summed E-state index contributed by atoms with van der Waals surface area (Å²) in [5.74, 6) is 0.250. The number of carbonyl (C=O) groups is 1. The van der Waals surface area contributed by atoms with Gasteiger partial charge in [-0.05, 0) is 18.9 Å². The van der Waals surface area contributed by atoms with Crippen molar-refractivity contribution in [1.82, 2.24) is 10.6 Å². The molecule has 2 N–H and O–H groups in total. The maximum Gasteiger partial charge on any atom is 0.230 e. The number of hydrogen-bond donors (Lipinski definition) is 2. The molecular weight excluding hydrogens is 267 g/mol. The zero-order valence-electron chi connectivity index (χ0n) is 10.6. The highest BCUT2D eigenvalue weighted by molar-refractivity contribution is 5.91. The third-order valence-corrected chi connectivity index (χ3v) is 3.99. The lowest BCUT2D eigenvalue weighted by molar-refractivity contribution is -0.123. The van der Waals surface area contributed by atoms with Crippen molar-refractivity contribution in [1.29, 1.82) is 0 Å². The predicted octanol–water partition coefficient (Wildman–Crippen LogP) is 1.61. The molecule has 0 atom stereocenters. The second-order valence-corrected chi connectivity index (χ2v) is 5.30. The number of benzene rings is 1. The molecule has 1 heterocycles. The first kappa shape index (κ1) is 14.3. The molecule has 1 aromatic rings. The molecule has 1 saturated carbocycles. The van der Waals surface area contributed by atoms with Crippen molar-refractivity contribution < 1.29 is 9.18 Å². The molecular formula is C14H18ClFN2O. The van der Waals surface area contributed by atoms with Gasteiger partial charge in [-0.3, -0.25) is 4.79 Å². The summed E-state index contributed by atoms with van der Waals surface area (Å²) in [6.45, 7) is 2.63. The van der Waals surface area contributed by atoms with Gasteiger partial charge >= 0.3 is 0 Å². The van der Waals surface area contributed by atoms with Gasteiger partial charge in [0.1, 0.15) is 5.82 Å². The Morgan fingerprint density at radius 3 is 2.58 bits per heavy atom. The molecule has 1 aromatic carbocycles. The summed E-state index contributed by atoms with van der Waals surface area (Å²) in [5.41, 5.74) is -0.0445. The van der Waals surface area contributed by atoms with E-state index in [4.69, 9.17) is 0 Å². The standard InChI is InChI=1S/C14H17FN2O.ClH/c15-12-4-2-1-3-11(12)14(5-6-14)13(18)17-9-10-7-16-8-10;/h1-4,10,16H,5-9H2,(H,17,18);1H. The SMILES string of the molecule is Cl.O=C(NCC1CNC1)C1(c2ccccc2F)CC1. The van der Waals surface area contributed by atoms with Gasteiger partial charge in [0.25, 0.3) is 0 Å². The molecule has 1 aliphatic carbocycles. The highest BCUT2D eigenvalue weighted by Gasteiger charge is 2.52. The van der Waals surface area contributed by atoms with E-state index in [0.29, 0.717) is 18.0 Å². The van der Waals surface area contributed by atoms with Gasteiger partial charge in [0.15, 0.2) is 0 Å². The quantitative estimate of drug-likeness (QED) is 0.882. The minimum atomic E-state index is -0.595. The number of hydrogen-bond acceptors (Lipinski definition) is 2. The van der Waals surface area contributed by atoms with Crippen LogP contribution in [0, 0.1) is 11.7 Å². The summed E-state index contributed by atoms with van der Waals surface area (Å²) in [6, 6.07) is 6.61. The van der Waals surface area contributed by atoms with Crippen molar-refractivity contribution in [2.75, 3.05) is 19.6 Å². The largest absolute Gasteiger partial charge is 0.355 e. The molecule has 0 radical (unpaired) electrons. The lowest BCUT2D eigenvalue weighted by atomic mass is 9.94. The van der Waals surface area contributed by atoms with Gasteiger partial charge in [-0.15, -0.1) is 12.4 Å². The Morgan fingerprint density at radius 2 is 2.05 bits per heavy atom. The summed E-state index contributed by atoms with van der Waals surface area (Å²) in [7, 11) is 0. The minimum Gasteiger partial charge on any atom is -0.355 e. The summed E-state index contributed by atoms with van der Waals surface area (Å²) in [4.78, 5) is 12.2. The van der Waals surface area contributed by atoms with E-state index < -0.39 is 5.41 Å². The van der Waals surface area contributed by atoms with Gasteiger partial charge in [0.05, 0.1) is 5.41 Å². The molecule has 0 unspecified atom stereocenters. The van der Waals surface area contributed by atoms with Crippen LogP contribution < -0.4 is 10.6 Å². The number of rotatable bonds is 4. The Kier molecular flexibility index (Phi) is 4.11. The maximum absolute atomic E-state index is 13.8. The first-order valence-electron chi connectivity index (χ1n) is 6.46. The lowest BCUT2D eigenvalue weighted by Gasteiger charge is -2.28. The molecule has 1 aliphatic heterocycles. The van der Waals surface area contributed by atoms with E-state index in [0.717, 1.165) is 25.9 Å². The molecule has 3 rings (SSSR count). The molecule has 0 aromatic heterocycles. The van der Waals surface area contributed by atoms with Crippen LogP contribution in [0.5, 0.6) is 0 Å². The van der Waals surface area contributed by atoms with Crippen molar-refractivity contribution in [3.63, 3.8) is 0 Å². The topological polar surface area (TPSA) is 41.1 Å². The van der Waals surface area contributed by atoms with Crippen LogP contribution in [-0.2, 0) is 10.2 Å². The maximum atomic E-state index is 13.8. The van der Waals surface area contributed by atoms with E-state index >= 15 is 0 Å². The molecule has 2 fully saturated rings. The summed E-state index contributed by atoms with van der Waals surface area (Å²) < 4.78 is 13.8. The average molecular weight is 285 g/mol. The summed E-state index contributed by atoms with van der Waals surface area (Å²) in [6.07, 6.45) is 1.51. The Morgan fingerprint density at radius 1 is 1.37 bits per heavy atom. The highest BCUT2D eigenvalue weighted by Crippen LogP contribution is 2.49. The Hall–Kier alpha value is -1.13. The van der Waals surface area contributed by atoms with Gasteiger partial charge in [-0.2, -0.15) is 0 Å². The third-order valence-electron chi connectivity index (χ3n) is 3.99. The van der Waals surface area contributed by atoms with Crippen LogP contribution in [0.3, 0.4) is 0 Å². The van der Waals surface area contributed by atoms with Crippen molar-refractivity contribution in [3.05, 3.63) is 35.6 Å². The Bertz CT molecular complexity index is 472. The van der Waals surface area contributed by atoms with Crippen LogP contribution in [-0.4, -0.2) is 25.5 Å². The van der Waals surface area contributed by atoms with Gasteiger partial charge < -0.3 is 10.6 Å². The van der Waals surface area contributed by atoms with Crippen LogP contribution in [0.4, 0.5) is 4.39 Å². The van der Waals surface area contributed by atoms with E-state index in [9.17, 15) is 9.18 Å². The lowest BCUT2D eigenvalue weighted by Crippen LogP contribution is -2.49. The molecule has 1 amide bonds. The van der Waals surface area contributed by atoms with Gasteiger partial charge in [0, 0.05) is 31.1 Å². The van der Waals surface area contributed by atoms with E-state index in [1.54, 1.807) is 18.2 Å². The molecule has 19 heavy (non-hydrogen) atoms. The molecule has 1 saturated heterocycles. The van der Waals surface area contributed by atoms with Gasteiger partial charge in [-0.1, -0.05) is 18.2 Å². The molecule has 2 aliphatic rings. The zero-order chi connectivity index (χ0) is 12.6. The van der Waals surface area contributed by atoms with Gasteiger partial charge in [0.2, 0.25) is 5.91 Å². The van der Waals surface area contributed by atoms with Crippen molar-refractivity contribution in [2.45, 2.75) is 18.3 Å². The minimum absolute atomic E-state index is 0. The van der Waals surface area contributed by atoms with E-state index in [-0.39, 0.29) is 24.1 Å². The second-order valence-electron chi connectivity index (χ2n) is 5.30. The van der Waals surface area contributed by atoms with Crippen LogP contribution in [0.25, 0.3) is 0 Å². The van der Waals surface area contributed by atoms with E-state index in [1.807, 2.05) is 0 Å². The monoisotopic (exact) mass is 284 g/mol. The van der Waals surface area contributed by atoms with E-state index in [2.05, 4.69) is 10.6 Å². The Balaban J connectivity index is 0.00000133. The number of halogens is 2. The molecule has 5 heteroatoms. The summed E-state index contributed by atoms with van der Waals surface area (Å²) >= 11 is 0.